The normalized spacial score (nSPS) is 10.9. The zero-order valence-corrected chi connectivity index (χ0v) is 16.1. The van der Waals surface area contributed by atoms with Crippen molar-refractivity contribution in [3.63, 3.8) is 0 Å². The average molecular weight is 413 g/mol. The van der Waals surface area contributed by atoms with Crippen molar-refractivity contribution in [3.05, 3.63) is 79.1 Å². The first-order valence-corrected chi connectivity index (χ1v) is 9.37. The molecule has 5 aromatic rings. The van der Waals surface area contributed by atoms with E-state index in [1.807, 2.05) is 6.07 Å². The van der Waals surface area contributed by atoms with Crippen molar-refractivity contribution < 1.29 is 9.13 Å². The molecule has 0 saturated carbocycles. The number of halogens is 1. The van der Waals surface area contributed by atoms with E-state index in [9.17, 15) is 4.39 Å². The maximum atomic E-state index is 14.8. The number of fused-ring (bicyclic) bond motifs is 1. The lowest BCUT2D eigenvalue weighted by Crippen LogP contribution is -2.02. The lowest BCUT2D eigenvalue weighted by atomic mass is 10.2. The molecule has 0 aliphatic carbocycles. The third kappa shape index (κ3) is 3.84. The molecule has 1 aromatic carbocycles. The highest BCUT2D eigenvalue weighted by Crippen LogP contribution is 2.31. The lowest BCUT2D eigenvalue weighted by molar-refractivity contribution is 0.482. The first kappa shape index (κ1) is 18.5. The van der Waals surface area contributed by atoms with E-state index in [4.69, 9.17) is 10.5 Å². The van der Waals surface area contributed by atoms with Gasteiger partial charge in [0.2, 0.25) is 5.95 Å². The Bertz CT molecular complexity index is 1370. The predicted octanol–water partition coefficient (Wildman–Crippen LogP) is 4.67. The van der Waals surface area contributed by atoms with Crippen LogP contribution in [0.5, 0.6) is 11.5 Å². The van der Waals surface area contributed by atoms with Crippen LogP contribution in [0.1, 0.15) is 0 Å². The molecule has 0 spiro atoms. The number of nitrogens with one attached hydrogen (secondary N) is 2. The fraction of sp³-hybridized carbons (Fsp3) is 0. The summed E-state index contributed by atoms with van der Waals surface area (Å²) in [5.41, 5.74) is 8.19. The van der Waals surface area contributed by atoms with E-state index in [1.54, 1.807) is 61.2 Å². The van der Waals surface area contributed by atoms with Gasteiger partial charge in [0, 0.05) is 42.5 Å². The number of aromatic amines is 1. The number of anilines is 3. The van der Waals surface area contributed by atoms with Crippen LogP contribution in [0.2, 0.25) is 0 Å². The second-order valence-corrected chi connectivity index (χ2v) is 6.65. The molecular weight excluding hydrogens is 397 g/mol. The van der Waals surface area contributed by atoms with Crippen LogP contribution in [0.15, 0.2) is 73.3 Å². The quantitative estimate of drug-likeness (QED) is 0.383. The second kappa shape index (κ2) is 7.71. The van der Waals surface area contributed by atoms with Crippen LogP contribution in [0.4, 0.5) is 21.8 Å². The smallest absolute Gasteiger partial charge is 0.222 e. The Morgan fingerprint density at radius 1 is 0.968 bits per heavy atom. The van der Waals surface area contributed by atoms with E-state index in [0.717, 1.165) is 10.9 Å². The zero-order valence-electron chi connectivity index (χ0n) is 16.1. The summed E-state index contributed by atoms with van der Waals surface area (Å²) in [7, 11) is 0. The van der Waals surface area contributed by atoms with E-state index >= 15 is 0 Å². The molecule has 0 radical (unpaired) electrons. The molecule has 4 heterocycles. The molecule has 31 heavy (non-hydrogen) atoms. The maximum absolute atomic E-state index is 14.8. The number of nitrogens with two attached hydrogens (primary N) is 1. The van der Waals surface area contributed by atoms with Gasteiger partial charge in [0.15, 0.2) is 0 Å². The number of H-pyrrole nitrogens is 1. The van der Waals surface area contributed by atoms with Crippen LogP contribution in [0.3, 0.4) is 0 Å². The fourth-order valence-corrected chi connectivity index (χ4v) is 3.15. The Balaban J connectivity index is 1.40. The highest BCUT2D eigenvalue weighted by molar-refractivity contribution is 5.82. The SMILES string of the molecule is Nc1nc(Nc2ccc(Oc3ccnc4[nH]ccc34)cc2F)cc(-c2ccncc2)n1. The first-order chi connectivity index (χ1) is 15.2. The Hall–Kier alpha value is -4.53. The predicted molar refractivity (Wildman–Crippen MR) is 116 cm³/mol. The molecule has 4 aromatic heterocycles. The van der Waals surface area contributed by atoms with Gasteiger partial charge in [-0.1, -0.05) is 0 Å². The number of rotatable bonds is 5. The Morgan fingerprint density at radius 3 is 2.68 bits per heavy atom. The van der Waals surface area contributed by atoms with Gasteiger partial charge in [-0.05, 0) is 36.4 Å². The van der Waals surface area contributed by atoms with E-state index < -0.39 is 5.82 Å². The summed E-state index contributed by atoms with van der Waals surface area (Å²) in [5.74, 6) is 0.883. The first-order valence-electron chi connectivity index (χ1n) is 9.37. The van der Waals surface area contributed by atoms with Gasteiger partial charge in [0.25, 0.3) is 0 Å². The molecule has 0 fully saturated rings. The molecule has 0 atom stereocenters. The van der Waals surface area contributed by atoms with Crippen molar-refractivity contribution in [2.45, 2.75) is 0 Å². The van der Waals surface area contributed by atoms with Crippen molar-refractivity contribution in [1.82, 2.24) is 24.9 Å². The molecule has 5 rings (SSSR count). The average Bonchev–Trinajstić information content (AvgIpc) is 3.26. The Kier molecular flexibility index (Phi) is 4.60. The molecule has 0 amide bonds. The molecule has 4 N–H and O–H groups in total. The molecule has 0 aliphatic heterocycles. The number of ether oxygens (including phenoxy) is 1. The molecule has 0 saturated heterocycles. The van der Waals surface area contributed by atoms with Gasteiger partial charge in [-0.15, -0.1) is 0 Å². The number of hydrogen-bond acceptors (Lipinski definition) is 7. The molecule has 0 bridgehead atoms. The van der Waals surface area contributed by atoms with Crippen molar-refractivity contribution in [2.24, 2.45) is 0 Å². The number of nitrogen functional groups attached to an aromatic ring is 1. The largest absolute Gasteiger partial charge is 0.456 e. The summed E-state index contributed by atoms with van der Waals surface area (Å²) in [5, 5.41) is 3.76. The van der Waals surface area contributed by atoms with Gasteiger partial charge in [0.05, 0.1) is 16.8 Å². The van der Waals surface area contributed by atoms with Crippen LogP contribution < -0.4 is 15.8 Å². The minimum absolute atomic E-state index is 0.0744. The van der Waals surface area contributed by atoms with Crippen molar-refractivity contribution in [1.29, 1.82) is 0 Å². The standard InChI is InChI=1S/C22H16FN7O/c23-16-11-14(31-19-6-10-27-21-15(19)5-9-26-21)1-2-17(16)28-20-12-18(29-22(24)30-20)13-3-7-25-8-4-13/h1-12H,(H,26,27)(H3,24,28,29,30). The van der Waals surface area contributed by atoms with Gasteiger partial charge in [-0.3, -0.25) is 4.98 Å². The molecule has 8 nitrogen and oxygen atoms in total. The molecule has 9 heteroatoms. The second-order valence-electron chi connectivity index (χ2n) is 6.65. The lowest BCUT2D eigenvalue weighted by Gasteiger charge is -2.11. The van der Waals surface area contributed by atoms with E-state index in [1.165, 1.54) is 6.07 Å². The number of nitrogens with zero attached hydrogens (tertiary/aromatic N) is 4. The molecule has 0 unspecified atom stereocenters. The summed E-state index contributed by atoms with van der Waals surface area (Å²) in [6.07, 6.45) is 6.71. The van der Waals surface area contributed by atoms with E-state index in [0.29, 0.717) is 28.7 Å². The minimum Gasteiger partial charge on any atom is -0.456 e. The molecule has 152 valence electrons. The molecule has 0 aliphatic rings. The molecular formula is C22H16FN7O. The van der Waals surface area contributed by atoms with Crippen molar-refractivity contribution in [3.8, 4) is 22.8 Å². The number of aromatic nitrogens is 5. The minimum atomic E-state index is -0.500. The van der Waals surface area contributed by atoms with Gasteiger partial charge in [-0.2, -0.15) is 4.98 Å². The third-order valence-corrected chi connectivity index (χ3v) is 4.57. The summed E-state index contributed by atoms with van der Waals surface area (Å²) in [6, 6.07) is 13.4. The Labute approximate surface area is 176 Å². The van der Waals surface area contributed by atoms with Gasteiger partial charge >= 0.3 is 0 Å². The van der Waals surface area contributed by atoms with Crippen LogP contribution in [-0.4, -0.2) is 24.9 Å². The number of hydrogen-bond donors (Lipinski definition) is 3. The monoisotopic (exact) mass is 413 g/mol. The summed E-state index contributed by atoms with van der Waals surface area (Å²) in [6.45, 7) is 0. The van der Waals surface area contributed by atoms with Gasteiger partial charge in [0.1, 0.15) is 28.8 Å². The Morgan fingerprint density at radius 2 is 1.84 bits per heavy atom. The fourth-order valence-electron chi connectivity index (χ4n) is 3.15. The maximum Gasteiger partial charge on any atom is 0.222 e. The summed E-state index contributed by atoms with van der Waals surface area (Å²) in [4.78, 5) is 19.6. The topological polar surface area (TPSA) is 115 Å². The highest BCUT2D eigenvalue weighted by atomic mass is 19.1. The summed E-state index contributed by atoms with van der Waals surface area (Å²) < 4.78 is 20.6. The summed E-state index contributed by atoms with van der Waals surface area (Å²) >= 11 is 0. The van der Waals surface area contributed by atoms with Gasteiger partial charge in [-0.25, -0.2) is 14.4 Å². The van der Waals surface area contributed by atoms with E-state index in [2.05, 4.69) is 30.2 Å². The van der Waals surface area contributed by atoms with Crippen LogP contribution in [0, 0.1) is 5.82 Å². The van der Waals surface area contributed by atoms with Crippen LogP contribution >= 0.6 is 0 Å². The zero-order chi connectivity index (χ0) is 21.2. The number of benzene rings is 1. The van der Waals surface area contributed by atoms with Crippen molar-refractivity contribution in [2.75, 3.05) is 11.1 Å². The third-order valence-electron chi connectivity index (χ3n) is 4.57. The van der Waals surface area contributed by atoms with Crippen LogP contribution in [-0.2, 0) is 0 Å². The highest BCUT2D eigenvalue weighted by Gasteiger charge is 2.11. The van der Waals surface area contributed by atoms with Crippen LogP contribution in [0.25, 0.3) is 22.3 Å². The number of pyridine rings is 2. The van der Waals surface area contributed by atoms with Crippen molar-refractivity contribution >= 4 is 28.5 Å². The van der Waals surface area contributed by atoms with E-state index in [-0.39, 0.29) is 11.6 Å². The van der Waals surface area contributed by atoms with Gasteiger partial charge < -0.3 is 20.8 Å².